The van der Waals surface area contributed by atoms with Gasteiger partial charge in [-0.25, -0.2) is 9.48 Å². The number of carbonyl (C=O) groups excluding carboxylic acids is 1. The average molecular weight is 859 g/mol. The van der Waals surface area contributed by atoms with Crippen molar-refractivity contribution in [3.05, 3.63) is 133 Å². The third-order valence-electron chi connectivity index (χ3n) is 12.5. The number of nitrogens with one attached hydrogen (secondary N) is 2. The summed E-state index contributed by atoms with van der Waals surface area (Å²) in [5.74, 6) is -0.643. The number of hydrogen-bond acceptors (Lipinski definition) is 12. The van der Waals surface area contributed by atoms with Crippen LogP contribution in [0.3, 0.4) is 0 Å². The highest BCUT2D eigenvalue weighted by atomic mass is 32.1. The number of hydrogen-bond donors (Lipinski definition) is 5. The Hall–Kier alpha value is -5.22. The van der Waals surface area contributed by atoms with E-state index in [1.165, 1.54) is 51.5 Å². The van der Waals surface area contributed by atoms with Gasteiger partial charge in [-0.2, -0.15) is 0 Å². The van der Waals surface area contributed by atoms with E-state index in [1.54, 1.807) is 18.2 Å². The highest BCUT2D eigenvalue weighted by Crippen LogP contribution is 2.42. The van der Waals surface area contributed by atoms with Gasteiger partial charge in [0.05, 0.1) is 26.9 Å². The molecule has 2 aliphatic carbocycles. The maximum atomic E-state index is 13.9. The summed E-state index contributed by atoms with van der Waals surface area (Å²) < 4.78 is 8.19. The second kappa shape index (κ2) is 17.6. The number of carbonyl (C=O) groups is 1. The molecule has 61 heavy (non-hydrogen) atoms. The number of rotatable bonds is 15. The van der Waals surface area contributed by atoms with Crippen LogP contribution in [-0.4, -0.2) is 78.4 Å². The van der Waals surface area contributed by atoms with Crippen LogP contribution in [0.15, 0.2) is 95.1 Å². The molecule has 316 valence electrons. The third-order valence-corrected chi connectivity index (χ3v) is 14.7. The van der Waals surface area contributed by atoms with Crippen molar-refractivity contribution in [2.75, 3.05) is 20.1 Å². The van der Waals surface area contributed by atoms with Crippen molar-refractivity contribution in [3.8, 4) is 16.2 Å². The van der Waals surface area contributed by atoms with Gasteiger partial charge in [-0.15, -0.1) is 27.8 Å². The van der Waals surface area contributed by atoms with E-state index in [-0.39, 0.29) is 17.4 Å². The number of aliphatic hydroxyl groups is 2. The molecule has 7 aromatic rings. The van der Waals surface area contributed by atoms with Crippen LogP contribution in [0.4, 0.5) is 0 Å². The Bertz CT molecular complexity index is 2710. The molecule has 12 nitrogen and oxygen atoms in total. The molecular formula is C47H50N6O6S2. The molecule has 0 spiro atoms. The number of fused-ring (bicyclic) bond motifs is 4. The maximum Gasteiger partial charge on any atom is 0.349 e. The number of H-pyrrole nitrogens is 1. The first-order chi connectivity index (χ1) is 29.7. The number of esters is 1. The van der Waals surface area contributed by atoms with Gasteiger partial charge in [-0.1, -0.05) is 47.7 Å². The molecule has 1 unspecified atom stereocenters. The molecule has 9 rings (SSSR count). The van der Waals surface area contributed by atoms with Crippen LogP contribution in [0.25, 0.3) is 32.4 Å². The number of phenols is 1. The van der Waals surface area contributed by atoms with Crippen LogP contribution in [0.2, 0.25) is 0 Å². The Balaban J connectivity index is 0.780. The van der Waals surface area contributed by atoms with E-state index in [4.69, 9.17) is 4.74 Å². The summed E-state index contributed by atoms with van der Waals surface area (Å²) in [6, 6.07) is 26.2. The highest BCUT2D eigenvalue weighted by molar-refractivity contribution is 7.16. The zero-order valence-electron chi connectivity index (χ0n) is 34.0. The largest absolute Gasteiger partial charge is 0.506 e. The first kappa shape index (κ1) is 41.1. The molecule has 0 saturated heterocycles. The molecule has 0 bridgehead atoms. The smallest absolute Gasteiger partial charge is 0.349 e. The second-order valence-electron chi connectivity index (χ2n) is 16.3. The number of nitrogens with zero attached hydrogens (tertiary/aromatic N) is 4. The van der Waals surface area contributed by atoms with Gasteiger partial charge in [0.1, 0.15) is 17.4 Å². The maximum absolute atomic E-state index is 13.9. The number of aliphatic hydroxyl groups excluding tert-OH is 1. The van der Waals surface area contributed by atoms with Gasteiger partial charge in [-0.05, 0) is 135 Å². The van der Waals surface area contributed by atoms with Crippen LogP contribution in [0.1, 0.15) is 76.6 Å². The number of phenolic OH excluding ortho intramolecular Hbond substituents is 1. The number of ether oxygens (including phenoxy) is 1. The van der Waals surface area contributed by atoms with Crippen LogP contribution >= 0.6 is 22.7 Å². The van der Waals surface area contributed by atoms with Crippen LogP contribution < -0.4 is 10.9 Å². The number of aromatic nitrogens is 4. The number of aromatic hydroxyl groups is 1. The summed E-state index contributed by atoms with van der Waals surface area (Å²) in [6.45, 7) is 2.52. The quantitative estimate of drug-likeness (QED) is 0.0667. The molecule has 14 heteroatoms. The fourth-order valence-corrected chi connectivity index (χ4v) is 11.2. The van der Waals surface area contributed by atoms with E-state index in [0.717, 1.165) is 85.9 Å². The topological polar surface area (TPSA) is 166 Å². The van der Waals surface area contributed by atoms with Gasteiger partial charge in [0.2, 0.25) is 11.2 Å². The lowest BCUT2D eigenvalue weighted by atomic mass is 9.91. The van der Waals surface area contributed by atoms with E-state index in [2.05, 4.69) is 43.3 Å². The van der Waals surface area contributed by atoms with E-state index < -0.39 is 17.7 Å². The van der Waals surface area contributed by atoms with Crippen molar-refractivity contribution in [1.29, 1.82) is 0 Å². The summed E-state index contributed by atoms with van der Waals surface area (Å²) in [7, 11) is 2.17. The molecular weight excluding hydrogens is 809 g/mol. The van der Waals surface area contributed by atoms with Gasteiger partial charge in [0.25, 0.3) is 0 Å². The summed E-state index contributed by atoms with van der Waals surface area (Å²) >= 11 is 2.78. The van der Waals surface area contributed by atoms with Crippen molar-refractivity contribution < 1.29 is 24.9 Å². The summed E-state index contributed by atoms with van der Waals surface area (Å²) in [5, 5.41) is 48.5. The average Bonchev–Trinajstić information content (AvgIpc) is 4.12. The normalized spacial score (nSPS) is 18.1. The molecule has 3 aromatic carbocycles. The number of thiophene rings is 2. The minimum absolute atomic E-state index is 0.0331. The van der Waals surface area contributed by atoms with E-state index in [1.807, 2.05) is 53.9 Å². The lowest BCUT2D eigenvalue weighted by Crippen LogP contribution is -2.42. The Morgan fingerprint density at radius 3 is 2.64 bits per heavy atom. The Labute approximate surface area is 361 Å². The second-order valence-corrected chi connectivity index (χ2v) is 18.4. The summed E-state index contributed by atoms with van der Waals surface area (Å²) in [6.07, 6.45) is 6.16. The van der Waals surface area contributed by atoms with Crippen LogP contribution in [0.5, 0.6) is 5.75 Å². The van der Waals surface area contributed by atoms with Crippen molar-refractivity contribution in [2.24, 2.45) is 0 Å². The minimum Gasteiger partial charge on any atom is -0.506 e. The third kappa shape index (κ3) is 8.28. The zero-order valence-corrected chi connectivity index (χ0v) is 35.7. The van der Waals surface area contributed by atoms with Crippen LogP contribution in [-0.2, 0) is 41.1 Å². The Morgan fingerprint density at radius 2 is 1.84 bits per heavy atom. The molecule has 0 amide bonds. The molecule has 5 N–H and O–H groups in total. The first-order valence-corrected chi connectivity index (χ1v) is 22.8. The lowest BCUT2D eigenvalue weighted by Gasteiger charge is -2.35. The molecule has 4 aromatic heterocycles. The molecule has 2 atom stereocenters. The number of pyridine rings is 1. The van der Waals surface area contributed by atoms with Gasteiger partial charge in [0, 0.05) is 42.0 Å². The van der Waals surface area contributed by atoms with E-state index in [0.29, 0.717) is 45.4 Å². The van der Waals surface area contributed by atoms with E-state index >= 15 is 0 Å². The minimum atomic E-state index is -1.86. The van der Waals surface area contributed by atoms with Gasteiger partial charge >= 0.3 is 5.97 Å². The molecule has 0 aliphatic heterocycles. The highest BCUT2D eigenvalue weighted by Gasteiger charge is 2.45. The van der Waals surface area contributed by atoms with Crippen LogP contribution in [0, 0.1) is 0 Å². The standard InChI is InChI=1S/C47H50N6O6S2/c1-52(31-13-15-32(16-14-31)59-46(57)47(58,41-12-6-25-60-41)42-21-20-40(61-42)29-8-3-2-4-9-29)23-7-24-53-45-36-11-5-10-33(36)30(26-37(45)50-51-53)27-48-28-39(55)34-17-19-38(54)44-35(34)18-22-43(56)49-44/h2-4,6,8-9,12,17-22,25-26,31-32,39,48,54-55,58H,5,7,10-11,13-16,23-24,27-28H2,1H3,(H,49,56)/t31-,32-,39-,47?/m0/s1. The summed E-state index contributed by atoms with van der Waals surface area (Å²) in [4.78, 5) is 32.9. The summed E-state index contributed by atoms with van der Waals surface area (Å²) in [5.41, 5.74) is 5.64. The predicted octanol–water partition coefficient (Wildman–Crippen LogP) is 7.19. The molecule has 2 aliphatic rings. The van der Waals surface area contributed by atoms with Gasteiger partial charge in [0.15, 0.2) is 0 Å². The SMILES string of the molecule is CN(CCCn1nnc2cc(CNC[C@H](O)c3ccc(O)c4[nH]c(=O)ccc34)c3c(c21)CCC3)[C@H]1CC[C@H](OC(=O)C(O)(c2cccs2)c2ccc(-c3ccccc3)s2)CC1. The monoisotopic (exact) mass is 858 g/mol. The lowest BCUT2D eigenvalue weighted by molar-refractivity contribution is -0.169. The Morgan fingerprint density at radius 1 is 1.02 bits per heavy atom. The number of benzene rings is 3. The molecule has 0 radical (unpaired) electrons. The predicted molar refractivity (Wildman–Crippen MR) is 239 cm³/mol. The van der Waals surface area contributed by atoms with Crippen molar-refractivity contribution in [1.82, 2.24) is 30.2 Å². The van der Waals surface area contributed by atoms with Crippen molar-refractivity contribution >= 4 is 50.6 Å². The molecule has 1 fully saturated rings. The fourth-order valence-electron chi connectivity index (χ4n) is 9.25. The van der Waals surface area contributed by atoms with Crippen molar-refractivity contribution in [2.45, 2.75) is 88.3 Å². The van der Waals surface area contributed by atoms with E-state index in [9.17, 15) is 24.9 Å². The fraction of sp³-hybridized carbons (Fsp3) is 0.362. The van der Waals surface area contributed by atoms with Gasteiger partial charge in [-0.3, -0.25) is 4.79 Å². The Kier molecular flexibility index (Phi) is 11.9. The first-order valence-electron chi connectivity index (χ1n) is 21.1. The zero-order chi connectivity index (χ0) is 42.1. The molecule has 1 saturated carbocycles. The number of aromatic amines is 1. The van der Waals surface area contributed by atoms with Crippen molar-refractivity contribution in [3.63, 3.8) is 0 Å². The molecule has 4 heterocycles. The van der Waals surface area contributed by atoms with Gasteiger partial charge < -0.3 is 35.3 Å². The number of aryl methyl sites for hydroxylation is 2.